The van der Waals surface area contributed by atoms with Crippen molar-refractivity contribution < 1.29 is 9.63 Å². The Morgan fingerprint density at radius 3 is 2.61 bits per heavy atom. The lowest BCUT2D eigenvalue weighted by Crippen LogP contribution is -2.09. The summed E-state index contributed by atoms with van der Waals surface area (Å²) in [5.74, 6) is -0.0321. The highest BCUT2D eigenvalue weighted by molar-refractivity contribution is 6.30. The van der Waals surface area contributed by atoms with E-state index in [9.17, 15) is 4.79 Å². The smallest absolute Gasteiger partial charge is 0.174 e. The van der Waals surface area contributed by atoms with E-state index in [4.69, 9.17) is 16.4 Å². The Balaban J connectivity index is 1.45. The van der Waals surface area contributed by atoms with Gasteiger partial charge >= 0.3 is 0 Å². The van der Waals surface area contributed by atoms with E-state index in [0.717, 1.165) is 39.5 Å². The normalized spacial score (nSPS) is 15.8. The van der Waals surface area contributed by atoms with Crippen LogP contribution in [0.3, 0.4) is 0 Å². The zero-order valence-corrected chi connectivity index (χ0v) is 20.8. The minimum atomic E-state index is -0.252. The molecule has 0 saturated carbocycles. The minimum absolute atomic E-state index is 0.0234. The van der Waals surface area contributed by atoms with Gasteiger partial charge in [0.2, 0.25) is 0 Å². The fourth-order valence-corrected chi connectivity index (χ4v) is 4.31. The summed E-state index contributed by atoms with van der Waals surface area (Å²) in [4.78, 5) is 32.5. The molecule has 1 aromatic carbocycles. The van der Waals surface area contributed by atoms with Gasteiger partial charge in [-0.1, -0.05) is 35.8 Å². The number of hydrogen-bond acceptors (Lipinski definition) is 6. The Bertz CT molecular complexity index is 1400. The van der Waals surface area contributed by atoms with E-state index >= 15 is 0 Å². The first-order chi connectivity index (χ1) is 17.5. The lowest BCUT2D eigenvalue weighted by Gasteiger charge is -2.13. The number of ketones is 1. The summed E-state index contributed by atoms with van der Waals surface area (Å²) < 4.78 is 0. The number of hydrogen-bond donors (Lipinski definition) is 0. The summed E-state index contributed by atoms with van der Waals surface area (Å²) in [6.45, 7) is 3.99. The van der Waals surface area contributed by atoms with Gasteiger partial charge in [0.05, 0.1) is 22.1 Å². The molecule has 0 N–H and O–H groups in total. The van der Waals surface area contributed by atoms with E-state index in [2.05, 4.69) is 20.1 Å². The molecular formula is C29H25ClN4O2. The molecule has 0 spiro atoms. The van der Waals surface area contributed by atoms with Crippen LogP contribution in [0.4, 0.5) is 0 Å². The van der Waals surface area contributed by atoms with E-state index in [0.29, 0.717) is 23.4 Å². The van der Waals surface area contributed by atoms with Gasteiger partial charge in [-0.25, -0.2) is 0 Å². The second kappa shape index (κ2) is 10.4. The van der Waals surface area contributed by atoms with Crippen LogP contribution in [0, 0.1) is 6.92 Å². The Labute approximate surface area is 215 Å². The van der Waals surface area contributed by atoms with Crippen molar-refractivity contribution in [1.29, 1.82) is 0 Å². The average Bonchev–Trinajstić information content (AvgIpc) is 3.40. The molecule has 2 atom stereocenters. The fraction of sp³-hybridized carbons (Fsp3) is 0.207. The van der Waals surface area contributed by atoms with Crippen molar-refractivity contribution in [2.45, 2.75) is 38.7 Å². The van der Waals surface area contributed by atoms with Gasteiger partial charge in [0.1, 0.15) is 0 Å². The summed E-state index contributed by atoms with van der Waals surface area (Å²) in [5.41, 5.74) is 6.61. The number of pyridine rings is 3. The Morgan fingerprint density at radius 2 is 1.89 bits per heavy atom. The van der Waals surface area contributed by atoms with Gasteiger partial charge < -0.3 is 4.84 Å². The van der Waals surface area contributed by atoms with Crippen LogP contribution >= 0.6 is 11.6 Å². The number of Topliss-reactive ketones (excluding diaryl/α,β-unsaturated/α-hetero) is 1. The highest BCUT2D eigenvalue weighted by atomic mass is 35.5. The highest BCUT2D eigenvalue weighted by Crippen LogP contribution is 2.31. The summed E-state index contributed by atoms with van der Waals surface area (Å²) in [5, 5.41) is 4.93. The fourth-order valence-electron chi connectivity index (χ4n) is 4.19. The Hall–Kier alpha value is -3.90. The topological polar surface area (TPSA) is 77.3 Å². The van der Waals surface area contributed by atoms with Crippen LogP contribution < -0.4 is 0 Å². The number of benzene rings is 1. The molecule has 5 rings (SSSR count). The van der Waals surface area contributed by atoms with Gasteiger partial charge in [0, 0.05) is 59.7 Å². The van der Waals surface area contributed by atoms with E-state index in [-0.39, 0.29) is 17.8 Å². The van der Waals surface area contributed by atoms with E-state index in [1.54, 1.807) is 18.5 Å². The van der Waals surface area contributed by atoms with E-state index in [1.807, 2.05) is 74.6 Å². The maximum Gasteiger partial charge on any atom is 0.174 e. The number of oxime groups is 1. The largest absolute Gasteiger partial charge is 0.385 e. The number of carbonyl (C=O) groups is 1. The van der Waals surface area contributed by atoms with Crippen molar-refractivity contribution >= 4 is 23.1 Å². The predicted octanol–water partition coefficient (Wildman–Crippen LogP) is 6.74. The molecule has 1 aliphatic rings. The van der Waals surface area contributed by atoms with Crippen molar-refractivity contribution in [3.63, 3.8) is 0 Å². The third kappa shape index (κ3) is 5.34. The zero-order valence-electron chi connectivity index (χ0n) is 20.1. The minimum Gasteiger partial charge on any atom is -0.385 e. The molecule has 1 aliphatic heterocycles. The van der Waals surface area contributed by atoms with Crippen LogP contribution in [-0.4, -0.2) is 26.4 Å². The van der Waals surface area contributed by atoms with Gasteiger partial charge in [-0.3, -0.25) is 19.7 Å². The predicted molar refractivity (Wildman–Crippen MR) is 140 cm³/mol. The standard InChI is InChI=1S/C29H25ClN4O2/c1-18-6-8-25(32-16-18)20-12-21(27-15-29(36-34-27)26-5-3-4-10-31-26)14-22(13-20)28(35)11-19(2)24-9-7-23(30)17-33-24/h3-10,12-14,16-17,19,29H,11,15H2,1-2H3/t19-,29-/m0/s1. The Kier molecular flexibility index (Phi) is 6.87. The number of carbonyl (C=O) groups excluding carboxylic acids is 1. The first-order valence-corrected chi connectivity index (χ1v) is 12.2. The first-order valence-electron chi connectivity index (χ1n) is 11.8. The van der Waals surface area contributed by atoms with Crippen molar-refractivity contribution in [2.75, 3.05) is 0 Å². The third-order valence-corrected chi connectivity index (χ3v) is 6.45. The Morgan fingerprint density at radius 1 is 1.03 bits per heavy atom. The number of aryl methyl sites for hydroxylation is 1. The van der Waals surface area contributed by atoms with E-state index in [1.165, 1.54) is 0 Å². The molecule has 3 aromatic heterocycles. The van der Waals surface area contributed by atoms with Crippen LogP contribution in [0.1, 0.15) is 64.7 Å². The quantitative estimate of drug-likeness (QED) is 0.265. The molecule has 0 amide bonds. The SMILES string of the molecule is Cc1ccc(-c2cc(C(=O)C[C@H](C)c3ccc(Cl)cn3)cc(C3=NO[C@H](c4ccccn4)C3)c2)nc1. The van der Waals surface area contributed by atoms with Crippen molar-refractivity contribution in [1.82, 2.24) is 15.0 Å². The average molecular weight is 497 g/mol. The zero-order chi connectivity index (χ0) is 25.1. The van der Waals surface area contributed by atoms with Gasteiger partial charge in [0.15, 0.2) is 11.9 Å². The van der Waals surface area contributed by atoms with Crippen LogP contribution in [0.25, 0.3) is 11.3 Å². The summed E-state index contributed by atoms with van der Waals surface area (Å²) in [6.07, 6.45) is 5.81. The molecule has 0 saturated heterocycles. The first kappa shape index (κ1) is 23.8. The van der Waals surface area contributed by atoms with Crippen LogP contribution in [0.5, 0.6) is 0 Å². The van der Waals surface area contributed by atoms with Crippen molar-refractivity contribution in [3.05, 3.63) is 112 Å². The molecule has 4 aromatic rings. The lowest BCUT2D eigenvalue weighted by molar-refractivity contribution is 0.0826. The van der Waals surface area contributed by atoms with Crippen LogP contribution in [0.15, 0.2) is 84.4 Å². The van der Waals surface area contributed by atoms with Gasteiger partial charge in [-0.15, -0.1) is 0 Å². The molecule has 36 heavy (non-hydrogen) atoms. The van der Waals surface area contributed by atoms with Gasteiger partial charge in [-0.2, -0.15) is 0 Å². The molecule has 0 radical (unpaired) electrons. The van der Waals surface area contributed by atoms with Crippen molar-refractivity contribution in [3.8, 4) is 11.3 Å². The highest BCUT2D eigenvalue weighted by Gasteiger charge is 2.26. The number of rotatable bonds is 7. The molecule has 0 unspecified atom stereocenters. The maximum atomic E-state index is 13.4. The van der Waals surface area contributed by atoms with Gasteiger partial charge in [-0.05, 0) is 61.0 Å². The molecule has 0 aliphatic carbocycles. The van der Waals surface area contributed by atoms with Crippen LogP contribution in [0.2, 0.25) is 5.02 Å². The summed E-state index contributed by atoms with van der Waals surface area (Å²) in [6, 6.07) is 19.2. The number of nitrogens with zero attached hydrogens (tertiary/aromatic N) is 4. The molecule has 6 nitrogen and oxygen atoms in total. The lowest BCUT2D eigenvalue weighted by atomic mass is 9.92. The third-order valence-electron chi connectivity index (χ3n) is 6.23. The van der Waals surface area contributed by atoms with E-state index < -0.39 is 0 Å². The monoisotopic (exact) mass is 496 g/mol. The summed E-state index contributed by atoms with van der Waals surface area (Å²) in [7, 11) is 0. The molecule has 7 heteroatoms. The molecule has 0 bridgehead atoms. The maximum absolute atomic E-state index is 13.4. The molecule has 180 valence electrons. The second-order valence-electron chi connectivity index (χ2n) is 9.04. The summed E-state index contributed by atoms with van der Waals surface area (Å²) >= 11 is 5.97. The van der Waals surface area contributed by atoms with Gasteiger partial charge in [0.25, 0.3) is 0 Å². The molecule has 4 heterocycles. The second-order valence-corrected chi connectivity index (χ2v) is 9.48. The number of halogens is 1. The molecule has 0 fully saturated rings. The van der Waals surface area contributed by atoms with Crippen molar-refractivity contribution in [2.24, 2.45) is 5.16 Å². The number of aromatic nitrogens is 3. The van der Waals surface area contributed by atoms with Crippen LogP contribution in [-0.2, 0) is 4.84 Å². The molecular weight excluding hydrogens is 472 g/mol.